The van der Waals surface area contributed by atoms with Crippen LogP contribution >= 0.6 is 0 Å². The fraction of sp³-hybridized carbons (Fsp3) is 0.531. The van der Waals surface area contributed by atoms with Gasteiger partial charge in [0.1, 0.15) is 0 Å². The third-order valence-corrected chi connectivity index (χ3v) is 8.90. The molecule has 2 aromatic carbocycles. The number of piperazine rings is 1. The first-order valence-corrected chi connectivity index (χ1v) is 15.1. The van der Waals surface area contributed by atoms with Crippen LogP contribution in [0.15, 0.2) is 36.4 Å². The van der Waals surface area contributed by atoms with Gasteiger partial charge in [-0.3, -0.25) is 14.4 Å². The van der Waals surface area contributed by atoms with Gasteiger partial charge >= 0.3 is 0 Å². The van der Waals surface area contributed by atoms with Gasteiger partial charge in [-0.05, 0) is 74.9 Å². The van der Waals surface area contributed by atoms with Crippen molar-refractivity contribution in [2.45, 2.75) is 63.5 Å². The highest BCUT2D eigenvalue weighted by atomic mass is 16.5. The van der Waals surface area contributed by atoms with E-state index in [1.165, 1.54) is 7.11 Å². The number of rotatable bonds is 8. The van der Waals surface area contributed by atoms with Crippen LogP contribution in [-0.2, 0) is 4.79 Å². The van der Waals surface area contributed by atoms with Gasteiger partial charge < -0.3 is 35.6 Å². The van der Waals surface area contributed by atoms with Gasteiger partial charge in [0.05, 0.1) is 25.6 Å². The van der Waals surface area contributed by atoms with Gasteiger partial charge in [0, 0.05) is 55.3 Å². The summed E-state index contributed by atoms with van der Waals surface area (Å²) in [6, 6.07) is 10.7. The molecule has 3 fully saturated rings. The number of ether oxygens (including phenoxy) is 2. The molecule has 2 saturated carbocycles. The Kier molecular flexibility index (Phi) is 9.51. The van der Waals surface area contributed by atoms with Crippen molar-refractivity contribution in [2.24, 2.45) is 11.7 Å². The van der Waals surface area contributed by atoms with E-state index in [-0.39, 0.29) is 35.7 Å². The maximum Gasteiger partial charge on any atom is 0.255 e. The van der Waals surface area contributed by atoms with Crippen LogP contribution in [0.4, 0.5) is 11.4 Å². The summed E-state index contributed by atoms with van der Waals surface area (Å²) in [5.41, 5.74) is 8.28. The van der Waals surface area contributed by atoms with Crippen LogP contribution in [0.3, 0.4) is 0 Å². The molecule has 2 aromatic rings. The number of hydrogen-bond donors (Lipinski definition) is 3. The number of anilines is 2. The topological polar surface area (TPSA) is 126 Å². The number of nitrogens with one attached hydrogen (secondary N) is 2. The molecule has 1 aliphatic heterocycles. The Morgan fingerprint density at radius 1 is 0.786 bits per heavy atom. The Morgan fingerprint density at radius 2 is 1.43 bits per heavy atom. The predicted octanol–water partition coefficient (Wildman–Crippen LogP) is 3.79. The lowest BCUT2D eigenvalue weighted by Crippen LogP contribution is -2.50. The first kappa shape index (κ1) is 29.7. The third-order valence-electron chi connectivity index (χ3n) is 8.90. The normalized spacial score (nSPS) is 21.1. The van der Waals surface area contributed by atoms with Gasteiger partial charge in [-0.2, -0.15) is 0 Å². The number of carbonyl (C=O) groups excluding carboxylic acids is 3. The van der Waals surface area contributed by atoms with Gasteiger partial charge in [-0.1, -0.05) is 12.8 Å². The van der Waals surface area contributed by atoms with Crippen molar-refractivity contribution < 1.29 is 23.9 Å². The molecule has 10 nitrogen and oxygen atoms in total. The second kappa shape index (κ2) is 13.5. The SMILES string of the molecule is COc1ccc(C(=O)Nc2cc(C(=O)NC3CCC(N)CC3)ccc2N2CCN(C(=O)C3CCCC3)CC2)cc1OC. The highest BCUT2D eigenvalue weighted by molar-refractivity contribution is 6.07. The third kappa shape index (κ3) is 6.81. The number of hydrogen-bond acceptors (Lipinski definition) is 7. The molecule has 0 bridgehead atoms. The Hall–Kier alpha value is -3.79. The second-order valence-electron chi connectivity index (χ2n) is 11.6. The quantitative estimate of drug-likeness (QED) is 0.436. The molecule has 1 heterocycles. The maximum atomic E-state index is 13.4. The van der Waals surface area contributed by atoms with Crippen LogP contribution in [0.5, 0.6) is 11.5 Å². The summed E-state index contributed by atoms with van der Waals surface area (Å²) in [6.45, 7) is 2.55. The summed E-state index contributed by atoms with van der Waals surface area (Å²) in [6.07, 6.45) is 7.75. The average molecular weight is 578 g/mol. The molecular formula is C32H43N5O5. The van der Waals surface area contributed by atoms with Crippen LogP contribution in [0, 0.1) is 5.92 Å². The van der Waals surface area contributed by atoms with Crippen LogP contribution in [0.1, 0.15) is 72.1 Å². The Morgan fingerprint density at radius 3 is 2.10 bits per heavy atom. The van der Waals surface area contributed by atoms with Crippen LogP contribution in [0.25, 0.3) is 0 Å². The molecule has 10 heteroatoms. The molecule has 4 N–H and O–H groups in total. The summed E-state index contributed by atoms with van der Waals surface area (Å²) in [5.74, 6) is 0.910. The number of amides is 3. The second-order valence-corrected chi connectivity index (χ2v) is 11.6. The molecule has 5 rings (SSSR count). The van der Waals surface area contributed by atoms with E-state index in [2.05, 4.69) is 15.5 Å². The van der Waals surface area contributed by atoms with E-state index < -0.39 is 0 Å². The molecule has 0 spiro atoms. The molecule has 3 aliphatic rings. The van der Waals surface area contributed by atoms with Gasteiger partial charge in [-0.15, -0.1) is 0 Å². The minimum Gasteiger partial charge on any atom is -0.493 e. The molecule has 0 aromatic heterocycles. The van der Waals surface area contributed by atoms with Crippen molar-refractivity contribution >= 4 is 29.1 Å². The minimum absolute atomic E-state index is 0.0901. The number of methoxy groups -OCH3 is 2. The smallest absolute Gasteiger partial charge is 0.255 e. The van der Waals surface area contributed by atoms with Crippen molar-refractivity contribution in [1.82, 2.24) is 10.2 Å². The molecule has 0 atom stereocenters. The van der Waals surface area contributed by atoms with Crippen molar-refractivity contribution in [3.8, 4) is 11.5 Å². The lowest BCUT2D eigenvalue weighted by atomic mass is 9.91. The molecule has 42 heavy (non-hydrogen) atoms. The summed E-state index contributed by atoms with van der Waals surface area (Å²) >= 11 is 0. The van der Waals surface area contributed by atoms with E-state index >= 15 is 0 Å². The Labute approximate surface area is 247 Å². The van der Waals surface area contributed by atoms with Crippen LogP contribution in [0.2, 0.25) is 0 Å². The first-order valence-electron chi connectivity index (χ1n) is 15.1. The number of nitrogens with two attached hydrogens (primary N) is 1. The molecular weight excluding hydrogens is 534 g/mol. The summed E-state index contributed by atoms with van der Waals surface area (Å²) in [7, 11) is 3.07. The van der Waals surface area contributed by atoms with Gasteiger partial charge in [0.15, 0.2) is 11.5 Å². The number of benzene rings is 2. The fourth-order valence-corrected chi connectivity index (χ4v) is 6.36. The number of nitrogens with zero attached hydrogens (tertiary/aromatic N) is 2. The lowest BCUT2D eigenvalue weighted by molar-refractivity contribution is -0.135. The van der Waals surface area contributed by atoms with Gasteiger partial charge in [-0.25, -0.2) is 0 Å². The molecule has 3 amide bonds. The highest BCUT2D eigenvalue weighted by Gasteiger charge is 2.30. The lowest BCUT2D eigenvalue weighted by Gasteiger charge is -2.38. The van der Waals surface area contributed by atoms with Gasteiger partial charge in [0.25, 0.3) is 11.8 Å². The molecule has 1 saturated heterocycles. The van der Waals surface area contributed by atoms with Crippen LogP contribution in [-0.4, -0.2) is 75.1 Å². The molecule has 226 valence electrons. The number of carbonyl (C=O) groups is 3. The van der Waals surface area contributed by atoms with Crippen LogP contribution < -0.4 is 30.7 Å². The van der Waals surface area contributed by atoms with E-state index in [0.29, 0.717) is 54.5 Å². The molecule has 2 aliphatic carbocycles. The Balaban J connectivity index is 1.35. The summed E-state index contributed by atoms with van der Waals surface area (Å²) in [5, 5.41) is 6.19. The largest absolute Gasteiger partial charge is 0.493 e. The maximum absolute atomic E-state index is 13.4. The zero-order valence-corrected chi connectivity index (χ0v) is 24.7. The highest BCUT2D eigenvalue weighted by Crippen LogP contribution is 2.32. The van der Waals surface area contributed by atoms with Crippen molar-refractivity contribution in [3.63, 3.8) is 0 Å². The van der Waals surface area contributed by atoms with Crippen molar-refractivity contribution in [1.29, 1.82) is 0 Å². The molecule has 0 radical (unpaired) electrons. The van der Waals surface area contributed by atoms with E-state index in [1.54, 1.807) is 37.4 Å². The predicted molar refractivity (Wildman–Crippen MR) is 162 cm³/mol. The minimum atomic E-state index is -0.328. The fourth-order valence-electron chi connectivity index (χ4n) is 6.36. The van der Waals surface area contributed by atoms with E-state index in [9.17, 15) is 14.4 Å². The molecule has 0 unspecified atom stereocenters. The van der Waals surface area contributed by atoms with Crippen molar-refractivity contribution in [3.05, 3.63) is 47.5 Å². The van der Waals surface area contributed by atoms with Gasteiger partial charge in [0.2, 0.25) is 5.91 Å². The van der Waals surface area contributed by atoms with E-state index in [1.807, 2.05) is 11.0 Å². The Bertz CT molecular complexity index is 1280. The summed E-state index contributed by atoms with van der Waals surface area (Å²) < 4.78 is 10.7. The zero-order chi connectivity index (χ0) is 29.6. The standard InChI is InChI=1S/C32H43N5O5/c1-41-28-14-8-23(20-29(28)42-2)31(39)35-26-19-22(30(38)34-25-11-9-24(33)10-12-25)7-13-27(26)36-15-17-37(18-16-36)32(40)21-5-3-4-6-21/h7-8,13-14,19-21,24-25H,3-6,9-12,15-18,33H2,1-2H3,(H,34,38)(H,35,39). The van der Waals surface area contributed by atoms with Crippen molar-refractivity contribution in [2.75, 3.05) is 50.6 Å². The monoisotopic (exact) mass is 577 g/mol. The first-order chi connectivity index (χ1) is 20.4. The van der Waals surface area contributed by atoms with E-state index in [4.69, 9.17) is 15.2 Å². The van der Waals surface area contributed by atoms with E-state index in [0.717, 1.165) is 57.1 Å². The summed E-state index contributed by atoms with van der Waals surface area (Å²) in [4.78, 5) is 43.8. The average Bonchev–Trinajstić information content (AvgIpc) is 3.57. The zero-order valence-electron chi connectivity index (χ0n) is 24.7.